The van der Waals surface area contributed by atoms with Gasteiger partial charge >= 0.3 is 0 Å². The lowest BCUT2D eigenvalue weighted by molar-refractivity contribution is 0.0820. The molecule has 2 aromatic heterocycles. The van der Waals surface area contributed by atoms with Crippen molar-refractivity contribution in [3.8, 4) is 17.0 Å². The van der Waals surface area contributed by atoms with Gasteiger partial charge in [0.05, 0.1) is 47.2 Å². The Kier molecular flexibility index (Phi) is 6.10. The average Bonchev–Trinajstić information content (AvgIpc) is 3.11. The highest BCUT2D eigenvalue weighted by atomic mass is 32.2. The van der Waals surface area contributed by atoms with Crippen molar-refractivity contribution >= 4 is 28.1 Å². The number of ether oxygens (including phenoxy) is 1. The van der Waals surface area contributed by atoms with E-state index in [4.69, 9.17) is 4.74 Å². The lowest BCUT2D eigenvalue weighted by atomic mass is 10.0. The maximum absolute atomic E-state index is 13.0. The van der Waals surface area contributed by atoms with Crippen LogP contribution in [-0.2, 0) is 17.5 Å². The molecule has 0 aliphatic carbocycles. The number of para-hydroxylation sites is 1. The van der Waals surface area contributed by atoms with E-state index < -0.39 is 24.0 Å². The van der Waals surface area contributed by atoms with Crippen LogP contribution in [0.25, 0.3) is 11.3 Å². The highest BCUT2D eigenvalue weighted by Gasteiger charge is 2.32. The molecule has 0 bridgehead atoms. The Hall–Kier alpha value is -3.11. The van der Waals surface area contributed by atoms with Gasteiger partial charge in [-0.1, -0.05) is 18.2 Å². The number of aromatic nitrogens is 2. The number of fused-ring (bicyclic) bond motifs is 1. The van der Waals surface area contributed by atoms with Crippen molar-refractivity contribution in [3.05, 3.63) is 60.0 Å². The topological polar surface area (TPSA) is 87.3 Å². The zero-order valence-corrected chi connectivity index (χ0v) is 17.4. The number of hydrogen-bond donors (Lipinski definition) is 2. The molecule has 10 heteroatoms. The minimum atomic E-state index is -2.64. The van der Waals surface area contributed by atoms with Crippen molar-refractivity contribution in [1.82, 2.24) is 14.3 Å². The quantitative estimate of drug-likeness (QED) is 0.577. The maximum Gasteiger partial charge on any atom is 0.272 e. The molecule has 1 aliphatic rings. The molecule has 1 aromatic carbocycles. The van der Waals surface area contributed by atoms with Crippen molar-refractivity contribution < 1.29 is 22.5 Å². The summed E-state index contributed by atoms with van der Waals surface area (Å²) in [5.74, 6) is -0.0256. The van der Waals surface area contributed by atoms with Crippen LogP contribution in [0, 0.1) is 0 Å². The molecule has 0 saturated heterocycles. The average molecular weight is 446 g/mol. The number of Topliss-reactive ketones (excluding diaryl/α,β-unsaturated/α-hetero) is 1. The summed E-state index contributed by atoms with van der Waals surface area (Å²) >= 11 is 0. The van der Waals surface area contributed by atoms with Crippen molar-refractivity contribution in [2.45, 2.75) is 13.0 Å². The van der Waals surface area contributed by atoms with Crippen LogP contribution in [0.1, 0.15) is 16.1 Å². The maximum atomic E-state index is 13.0. The van der Waals surface area contributed by atoms with E-state index in [-0.39, 0.29) is 24.6 Å². The highest BCUT2D eigenvalue weighted by molar-refractivity contribution is 7.81. The number of nitrogens with one attached hydrogen (secondary N) is 2. The van der Waals surface area contributed by atoms with E-state index in [0.717, 1.165) is 5.69 Å². The molecule has 1 aliphatic heterocycles. The molecule has 7 nitrogen and oxygen atoms in total. The van der Waals surface area contributed by atoms with Crippen LogP contribution in [-0.4, -0.2) is 50.1 Å². The molecule has 0 amide bonds. The molecule has 31 heavy (non-hydrogen) atoms. The minimum absolute atomic E-state index is 0.0158. The summed E-state index contributed by atoms with van der Waals surface area (Å²) in [5, 5.41) is 3.28. The standard InChI is InChI=1S/C21H20F2N4O3S/c1-31(29)27-10-15-19(16(28)11-27)21(25-13-5-3-2-4-6-13)20(26-15)14-7-8-24-9-17(14)30-12-18(22)23/h2-9,18,25-26H,10-12H2,1H3. The Bertz CT molecular complexity index is 1120. The normalized spacial score (nSPS) is 15.0. The number of carbonyl (C=O) groups is 1. The Morgan fingerprint density at radius 3 is 2.74 bits per heavy atom. The number of pyridine rings is 1. The molecule has 162 valence electrons. The summed E-state index contributed by atoms with van der Waals surface area (Å²) in [6.45, 7) is -0.476. The van der Waals surface area contributed by atoms with Gasteiger partial charge < -0.3 is 15.0 Å². The summed E-state index contributed by atoms with van der Waals surface area (Å²) in [7, 11) is -1.32. The smallest absolute Gasteiger partial charge is 0.272 e. The zero-order chi connectivity index (χ0) is 22.0. The van der Waals surface area contributed by atoms with Gasteiger partial charge in [0.15, 0.2) is 5.78 Å². The first-order chi connectivity index (χ1) is 14.9. The molecular weight excluding hydrogens is 426 g/mol. The van der Waals surface area contributed by atoms with Gasteiger partial charge in [0.25, 0.3) is 6.43 Å². The number of carbonyl (C=O) groups excluding carboxylic acids is 1. The molecule has 0 spiro atoms. The first kappa shape index (κ1) is 21.1. The Morgan fingerprint density at radius 1 is 1.26 bits per heavy atom. The second-order valence-electron chi connectivity index (χ2n) is 6.94. The van der Waals surface area contributed by atoms with Gasteiger partial charge in [-0.25, -0.2) is 17.3 Å². The molecule has 0 saturated carbocycles. The number of ketones is 1. The number of halogens is 2. The Balaban J connectivity index is 1.84. The van der Waals surface area contributed by atoms with E-state index in [9.17, 15) is 17.8 Å². The van der Waals surface area contributed by atoms with Crippen LogP contribution in [0.4, 0.5) is 20.2 Å². The van der Waals surface area contributed by atoms with Crippen LogP contribution in [0.5, 0.6) is 5.75 Å². The molecule has 3 heterocycles. The van der Waals surface area contributed by atoms with E-state index >= 15 is 0 Å². The summed E-state index contributed by atoms with van der Waals surface area (Å²) in [5.41, 5.74) is 3.32. The SMILES string of the molecule is CS(=O)N1CC(=O)c2c([nH]c(-c3ccncc3OCC(F)F)c2Nc2ccccc2)C1. The third kappa shape index (κ3) is 4.49. The number of hydrogen-bond acceptors (Lipinski definition) is 5. The number of alkyl halides is 2. The van der Waals surface area contributed by atoms with E-state index in [2.05, 4.69) is 15.3 Å². The number of benzene rings is 1. The molecule has 0 fully saturated rings. The first-order valence-electron chi connectivity index (χ1n) is 9.48. The third-order valence-corrected chi connectivity index (χ3v) is 5.82. The van der Waals surface area contributed by atoms with Gasteiger partial charge in [-0.05, 0) is 18.2 Å². The molecular formula is C21H20F2N4O3S. The van der Waals surface area contributed by atoms with Crippen molar-refractivity contribution in [1.29, 1.82) is 0 Å². The van der Waals surface area contributed by atoms with Gasteiger partial charge in [0, 0.05) is 29.4 Å². The zero-order valence-electron chi connectivity index (χ0n) is 16.6. The van der Waals surface area contributed by atoms with Gasteiger partial charge in [0.2, 0.25) is 0 Å². The predicted octanol–water partition coefficient (Wildman–Crippen LogP) is 3.76. The molecule has 1 atom stereocenters. The summed E-state index contributed by atoms with van der Waals surface area (Å²) in [6, 6.07) is 10.9. The summed E-state index contributed by atoms with van der Waals surface area (Å²) in [4.78, 5) is 20.2. The molecule has 3 aromatic rings. The first-order valence-corrected chi connectivity index (χ1v) is 11.0. The Morgan fingerprint density at radius 2 is 2.03 bits per heavy atom. The fourth-order valence-corrected chi connectivity index (χ4v) is 4.09. The number of nitrogens with zero attached hydrogens (tertiary/aromatic N) is 2. The van der Waals surface area contributed by atoms with Crippen LogP contribution in [0.15, 0.2) is 48.8 Å². The van der Waals surface area contributed by atoms with E-state index in [1.807, 2.05) is 30.3 Å². The number of anilines is 2. The lowest BCUT2D eigenvalue weighted by Crippen LogP contribution is -2.35. The van der Waals surface area contributed by atoms with E-state index in [0.29, 0.717) is 28.2 Å². The predicted molar refractivity (Wildman–Crippen MR) is 114 cm³/mol. The van der Waals surface area contributed by atoms with Crippen molar-refractivity contribution in [3.63, 3.8) is 0 Å². The van der Waals surface area contributed by atoms with Crippen LogP contribution in [0.2, 0.25) is 0 Å². The number of H-pyrrole nitrogens is 1. The van der Waals surface area contributed by atoms with E-state index in [1.165, 1.54) is 18.6 Å². The van der Waals surface area contributed by atoms with E-state index in [1.54, 1.807) is 10.4 Å². The largest absolute Gasteiger partial charge is 0.485 e. The second kappa shape index (κ2) is 8.94. The number of rotatable bonds is 7. The highest BCUT2D eigenvalue weighted by Crippen LogP contribution is 2.41. The lowest BCUT2D eigenvalue weighted by Gasteiger charge is -2.23. The third-order valence-electron chi connectivity index (χ3n) is 4.84. The summed E-state index contributed by atoms with van der Waals surface area (Å²) in [6.07, 6.45) is 1.76. The number of aromatic amines is 1. The van der Waals surface area contributed by atoms with Gasteiger partial charge in [-0.3, -0.25) is 9.78 Å². The van der Waals surface area contributed by atoms with Crippen molar-refractivity contribution in [2.75, 3.05) is 24.7 Å². The summed E-state index contributed by atoms with van der Waals surface area (Å²) < 4.78 is 44.3. The monoisotopic (exact) mass is 446 g/mol. The molecule has 4 rings (SSSR count). The van der Waals surface area contributed by atoms with Gasteiger partial charge in [-0.2, -0.15) is 0 Å². The van der Waals surface area contributed by atoms with Crippen LogP contribution in [0.3, 0.4) is 0 Å². The molecule has 2 N–H and O–H groups in total. The fraction of sp³-hybridized carbons (Fsp3) is 0.238. The fourth-order valence-electron chi connectivity index (χ4n) is 3.48. The minimum Gasteiger partial charge on any atom is -0.485 e. The van der Waals surface area contributed by atoms with Gasteiger partial charge in [-0.15, -0.1) is 0 Å². The van der Waals surface area contributed by atoms with Gasteiger partial charge in [0.1, 0.15) is 12.4 Å². The second-order valence-corrected chi connectivity index (χ2v) is 8.30. The van der Waals surface area contributed by atoms with Crippen LogP contribution >= 0.6 is 0 Å². The molecule has 0 radical (unpaired) electrons. The Labute approximate surface area is 180 Å². The molecule has 1 unspecified atom stereocenters. The van der Waals surface area contributed by atoms with Crippen LogP contribution < -0.4 is 10.1 Å². The van der Waals surface area contributed by atoms with Crippen molar-refractivity contribution in [2.24, 2.45) is 0 Å².